The van der Waals surface area contributed by atoms with E-state index < -0.39 is 0 Å². The predicted molar refractivity (Wildman–Crippen MR) is 53.4 cm³/mol. The van der Waals surface area contributed by atoms with E-state index in [0.717, 1.165) is 26.2 Å². The lowest BCUT2D eigenvalue weighted by molar-refractivity contribution is 0.133. The fourth-order valence-corrected chi connectivity index (χ4v) is 0.841. The molecule has 74 valence electrons. The summed E-state index contributed by atoms with van der Waals surface area (Å²) in [5.74, 6) is 0.705. The molecule has 2 heteroatoms. The van der Waals surface area contributed by atoms with Crippen LogP contribution in [0.15, 0.2) is 0 Å². The van der Waals surface area contributed by atoms with Crippen LogP contribution in [0.5, 0.6) is 0 Å². The molecule has 0 aromatic carbocycles. The van der Waals surface area contributed by atoms with Crippen LogP contribution in [0.25, 0.3) is 0 Å². The summed E-state index contributed by atoms with van der Waals surface area (Å²) in [6.07, 6.45) is 1.11. The molecule has 0 radical (unpaired) electrons. The first kappa shape index (κ1) is 11.9. The standard InChI is InChI=1S/C10H23NO/c1-5-7-12-8-6-11-10(4)9(2)3/h9-11H,5-8H2,1-4H3. The van der Waals surface area contributed by atoms with Crippen molar-refractivity contribution in [2.45, 2.75) is 40.2 Å². The molecule has 0 heterocycles. The molecule has 0 aromatic rings. The first-order valence-corrected chi connectivity index (χ1v) is 4.99. The van der Waals surface area contributed by atoms with Crippen LogP contribution in [0.3, 0.4) is 0 Å². The summed E-state index contributed by atoms with van der Waals surface area (Å²) in [6.45, 7) is 11.5. The van der Waals surface area contributed by atoms with Crippen molar-refractivity contribution in [3.05, 3.63) is 0 Å². The van der Waals surface area contributed by atoms with Gasteiger partial charge in [0.15, 0.2) is 0 Å². The third-order valence-electron chi connectivity index (χ3n) is 2.06. The second kappa shape index (κ2) is 7.56. The smallest absolute Gasteiger partial charge is 0.0590 e. The first-order valence-electron chi connectivity index (χ1n) is 4.99. The molecule has 0 saturated heterocycles. The summed E-state index contributed by atoms with van der Waals surface area (Å²) in [7, 11) is 0. The Hall–Kier alpha value is -0.0800. The summed E-state index contributed by atoms with van der Waals surface area (Å²) < 4.78 is 5.35. The van der Waals surface area contributed by atoms with Gasteiger partial charge in [0, 0.05) is 19.2 Å². The maximum atomic E-state index is 5.35. The van der Waals surface area contributed by atoms with Crippen molar-refractivity contribution in [1.82, 2.24) is 5.32 Å². The van der Waals surface area contributed by atoms with Gasteiger partial charge in [-0.3, -0.25) is 0 Å². The van der Waals surface area contributed by atoms with Crippen molar-refractivity contribution in [2.75, 3.05) is 19.8 Å². The molecular weight excluding hydrogens is 150 g/mol. The van der Waals surface area contributed by atoms with E-state index in [1.165, 1.54) is 0 Å². The highest BCUT2D eigenvalue weighted by atomic mass is 16.5. The Morgan fingerprint density at radius 2 is 1.83 bits per heavy atom. The summed E-state index contributed by atoms with van der Waals surface area (Å²) in [6, 6.07) is 0.593. The van der Waals surface area contributed by atoms with Gasteiger partial charge < -0.3 is 10.1 Å². The average molecular weight is 173 g/mol. The van der Waals surface area contributed by atoms with Crippen molar-refractivity contribution in [3.63, 3.8) is 0 Å². The van der Waals surface area contributed by atoms with E-state index in [9.17, 15) is 0 Å². The maximum absolute atomic E-state index is 5.35. The van der Waals surface area contributed by atoms with Crippen LogP contribution in [0.4, 0.5) is 0 Å². The number of hydrogen-bond donors (Lipinski definition) is 1. The molecule has 0 rings (SSSR count). The largest absolute Gasteiger partial charge is 0.380 e. The molecule has 0 amide bonds. The molecule has 0 aliphatic rings. The highest BCUT2D eigenvalue weighted by Crippen LogP contribution is 1.98. The van der Waals surface area contributed by atoms with Crippen LogP contribution >= 0.6 is 0 Å². The van der Waals surface area contributed by atoms with E-state index in [1.54, 1.807) is 0 Å². The summed E-state index contributed by atoms with van der Waals surface area (Å²) in [4.78, 5) is 0. The maximum Gasteiger partial charge on any atom is 0.0590 e. The lowest BCUT2D eigenvalue weighted by Crippen LogP contribution is -2.33. The van der Waals surface area contributed by atoms with Crippen molar-refractivity contribution in [1.29, 1.82) is 0 Å². The minimum atomic E-state index is 0.593. The molecule has 0 fully saturated rings. The fourth-order valence-electron chi connectivity index (χ4n) is 0.841. The van der Waals surface area contributed by atoms with E-state index in [1.807, 2.05) is 0 Å². The highest BCUT2D eigenvalue weighted by Gasteiger charge is 2.04. The monoisotopic (exact) mass is 173 g/mol. The van der Waals surface area contributed by atoms with Crippen LogP contribution < -0.4 is 5.32 Å². The zero-order chi connectivity index (χ0) is 9.40. The molecule has 0 spiro atoms. The molecule has 0 aliphatic heterocycles. The van der Waals surface area contributed by atoms with Gasteiger partial charge >= 0.3 is 0 Å². The zero-order valence-corrected chi connectivity index (χ0v) is 8.89. The van der Waals surface area contributed by atoms with Gasteiger partial charge in [0.25, 0.3) is 0 Å². The Morgan fingerprint density at radius 3 is 2.33 bits per heavy atom. The van der Waals surface area contributed by atoms with Gasteiger partial charge in [0.2, 0.25) is 0 Å². The molecule has 1 atom stereocenters. The van der Waals surface area contributed by atoms with Gasteiger partial charge in [-0.1, -0.05) is 20.8 Å². The van der Waals surface area contributed by atoms with Gasteiger partial charge in [0.1, 0.15) is 0 Å². The van der Waals surface area contributed by atoms with E-state index in [-0.39, 0.29) is 0 Å². The van der Waals surface area contributed by atoms with E-state index in [4.69, 9.17) is 4.74 Å². The van der Waals surface area contributed by atoms with Crippen LogP contribution in [-0.4, -0.2) is 25.8 Å². The Labute approximate surface area is 76.7 Å². The van der Waals surface area contributed by atoms with Crippen LogP contribution in [-0.2, 0) is 4.74 Å². The molecule has 0 aromatic heterocycles. The average Bonchev–Trinajstić information content (AvgIpc) is 2.03. The number of rotatable bonds is 7. The molecule has 12 heavy (non-hydrogen) atoms. The highest BCUT2D eigenvalue weighted by molar-refractivity contribution is 4.63. The summed E-state index contributed by atoms with van der Waals surface area (Å²) in [5, 5.41) is 3.42. The number of hydrogen-bond acceptors (Lipinski definition) is 2. The second-order valence-corrected chi connectivity index (χ2v) is 3.60. The lowest BCUT2D eigenvalue weighted by Gasteiger charge is -2.17. The number of ether oxygens (including phenoxy) is 1. The van der Waals surface area contributed by atoms with Crippen LogP contribution in [0, 0.1) is 5.92 Å². The normalized spacial score (nSPS) is 13.8. The van der Waals surface area contributed by atoms with Gasteiger partial charge in [0.05, 0.1) is 6.61 Å². The Morgan fingerprint density at radius 1 is 1.17 bits per heavy atom. The first-order chi connectivity index (χ1) is 5.68. The van der Waals surface area contributed by atoms with Gasteiger partial charge in [-0.2, -0.15) is 0 Å². The molecule has 1 unspecified atom stereocenters. The Bertz CT molecular complexity index is 93.8. The van der Waals surface area contributed by atoms with Gasteiger partial charge in [-0.15, -0.1) is 0 Å². The fraction of sp³-hybridized carbons (Fsp3) is 1.00. The van der Waals surface area contributed by atoms with Crippen molar-refractivity contribution in [2.24, 2.45) is 5.92 Å². The molecule has 0 aliphatic carbocycles. The lowest BCUT2D eigenvalue weighted by atomic mass is 10.1. The van der Waals surface area contributed by atoms with E-state index in [0.29, 0.717) is 12.0 Å². The van der Waals surface area contributed by atoms with E-state index >= 15 is 0 Å². The summed E-state index contributed by atoms with van der Waals surface area (Å²) in [5.41, 5.74) is 0. The SMILES string of the molecule is CCCOCCNC(C)C(C)C. The van der Waals surface area contributed by atoms with Crippen LogP contribution in [0.2, 0.25) is 0 Å². The molecular formula is C10H23NO. The van der Waals surface area contributed by atoms with Crippen molar-refractivity contribution >= 4 is 0 Å². The van der Waals surface area contributed by atoms with Crippen molar-refractivity contribution < 1.29 is 4.74 Å². The Balaban J connectivity index is 3.08. The van der Waals surface area contributed by atoms with Gasteiger partial charge in [-0.25, -0.2) is 0 Å². The molecule has 1 N–H and O–H groups in total. The minimum Gasteiger partial charge on any atom is -0.380 e. The molecule has 0 saturated carbocycles. The molecule has 2 nitrogen and oxygen atoms in total. The topological polar surface area (TPSA) is 21.3 Å². The Kier molecular flexibility index (Phi) is 7.51. The zero-order valence-electron chi connectivity index (χ0n) is 8.89. The second-order valence-electron chi connectivity index (χ2n) is 3.60. The summed E-state index contributed by atoms with van der Waals surface area (Å²) >= 11 is 0. The molecule has 0 bridgehead atoms. The van der Waals surface area contributed by atoms with Gasteiger partial charge in [-0.05, 0) is 19.3 Å². The predicted octanol–water partition coefficient (Wildman–Crippen LogP) is 2.05. The van der Waals surface area contributed by atoms with Crippen LogP contribution in [0.1, 0.15) is 34.1 Å². The third kappa shape index (κ3) is 6.62. The third-order valence-corrected chi connectivity index (χ3v) is 2.06. The van der Waals surface area contributed by atoms with E-state index in [2.05, 4.69) is 33.0 Å². The van der Waals surface area contributed by atoms with Crippen molar-refractivity contribution in [3.8, 4) is 0 Å². The minimum absolute atomic E-state index is 0.593. The number of nitrogens with one attached hydrogen (secondary N) is 1. The quantitative estimate of drug-likeness (QED) is 0.595.